The van der Waals surface area contributed by atoms with E-state index in [0.29, 0.717) is 18.3 Å². The number of carbonyl (C=O) groups excluding carboxylic acids is 1. The average Bonchev–Trinajstić information content (AvgIpc) is 3.42. The summed E-state index contributed by atoms with van der Waals surface area (Å²) in [6.07, 6.45) is 5.07. The molecule has 3 aromatic rings. The molecule has 0 saturated carbocycles. The Bertz CT molecular complexity index is 1040. The summed E-state index contributed by atoms with van der Waals surface area (Å²) in [5, 5.41) is 1.07. The van der Waals surface area contributed by atoms with Gasteiger partial charge in [-0.15, -0.1) is 0 Å². The minimum absolute atomic E-state index is 0.147. The lowest BCUT2D eigenvalue weighted by Gasteiger charge is -2.31. The predicted octanol–water partition coefficient (Wildman–Crippen LogP) is 4.57. The number of hydrogen-bond acceptors (Lipinski definition) is 4. The number of nitrogens with zero attached hydrogens (tertiary/aromatic N) is 3. The molecule has 5 heteroatoms. The lowest BCUT2D eigenvalue weighted by atomic mass is 9.87. The molecule has 2 fully saturated rings. The minimum Gasteiger partial charge on any atom is -0.464 e. The molecule has 0 aliphatic carbocycles. The molecule has 29 heavy (non-hydrogen) atoms. The number of hydrogen-bond donors (Lipinski definition) is 0. The molecule has 5 nitrogen and oxygen atoms in total. The van der Waals surface area contributed by atoms with Gasteiger partial charge < -0.3 is 14.2 Å². The van der Waals surface area contributed by atoms with Crippen LogP contribution in [0.3, 0.4) is 0 Å². The smallest absolute Gasteiger partial charge is 0.223 e. The van der Waals surface area contributed by atoms with Crippen molar-refractivity contribution >= 4 is 22.7 Å². The summed E-state index contributed by atoms with van der Waals surface area (Å²) in [7, 11) is 0. The third kappa shape index (κ3) is 3.00. The van der Waals surface area contributed by atoms with Crippen LogP contribution in [0.25, 0.3) is 11.0 Å². The minimum atomic E-state index is 0.147. The van der Waals surface area contributed by atoms with E-state index in [2.05, 4.69) is 52.9 Å². The summed E-state index contributed by atoms with van der Waals surface area (Å²) in [6, 6.07) is 12.6. The molecule has 150 valence electrons. The van der Waals surface area contributed by atoms with Gasteiger partial charge >= 0.3 is 0 Å². The van der Waals surface area contributed by atoms with Gasteiger partial charge in [0.15, 0.2) is 0 Å². The van der Waals surface area contributed by atoms with Gasteiger partial charge in [0.25, 0.3) is 0 Å². The Morgan fingerprint density at radius 3 is 2.86 bits per heavy atom. The molecule has 0 unspecified atom stereocenters. The zero-order chi connectivity index (χ0) is 20.0. The number of aromatic nitrogens is 1. The topological polar surface area (TPSA) is 49.6 Å². The van der Waals surface area contributed by atoms with E-state index >= 15 is 0 Å². The van der Waals surface area contributed by atoms with Gasteiger partial charge in [-0.05, 0) is 36.6 Å². The Kier molecular flexibility index (Phi) is 4.53. The lowest BCUT2D eigenvalue weighted by molar-refractivity contribution is -0.132. The van der Waals surface area contributed by atoms with E-state index in [0.717, 1.165) is 42.8 Å². The Morgan fingerprint density at radius 1 is 1.17 bits per heavy atom. The van der Waals surface area contributed by atoms with E-state index in [1.807, 2.05) is 18.3 Å². The van der Waals surface area contributed by atoms with Crippen molar-refractivity contribution in [1.82, 2.24) is 9.88 Å². The normalized spacial score (nSPS) is 23.7. The van der Waals surface area contributed by atoms with Gasteiger partial charge in [-0.2, -0.15) is 0 Å². The highest BCUT2D eigenvalue weighted by Gasteiger charge is 2.49. The highest BCUT2D eigenvalue weighted by atomic mass is 16.3. The number of pyridine rings is 1. The molecule has 1 amide bonds. The first-order valence-corrected chi connectivity index (χ1v) is 10.6. The van der Waals surface area contributed by atoms with Crippen LogP contribution in [0.15, 0.2) is 53.3 Å². The van der Waals surface area contributed by atoms with Crippen molar-refractivity contribution in [3.63, 3.8) is 0 Å². The van der Waals surface area contributed by atoms with Gasteiger partial charge in [-0.3, -0.25) is 4.79 Å². The maximum absolute atomic E-state index is 13.0. The molecule has 3 atom stereocenters. The lowest BCUT2D eigenvalue weighted by Crippen LogP contribution is -2.36. The second-order valence-electron chi connectivity index (χ2n) is 8.39. The molecule has 2 aromatic heterocycles. The van der Waals surface area contributed by atoms with Gasteiger partial charge in [0.05, 0.1) is 17.7 Å². The van der Waals surface area contributed by atoms with Crippen molar-refractivity contribution in [3.8, 4) is 0 Å². The van der Waals surface area contributed by atoms with Gasteiger partial charge in [-0.25, -0.2) is 4.98 Å². The van der Waals surface area contributed by atoms with Gasteiger partial charge in [-0.1, -0.05) is 31.2 Å². The van der Waals surface area contributed by atoms with E-state index < -0.39 is 0 Å². The van der Waals surface area contributed by atoms with Crippen LogP contribution in [0.1, 0.15) is 36.9 Å². The Balaban J connectivity index is 1.49. The molecule has 0 spiro atoms. The van der Waals surface area contributed by atoms with Crippen LogP contribution in [0.5, 0.6) is 0 Å². The van der Waals surface area contributed by atoms with Crippen molar-refractivity contribution in [1.29, 1.82) is 0 Å². The number of aryl methyl sites for hydroxylation is 1. The molecule has 2 aliphatic rings. The number of benzene rings is 1. The molecule has 2 aliphatic heterocycles. The van der Waals surface area contributed by atoms with Gasteiger partial charge in [0, 0.05) is 44.1 Å². The second kappa shape index (κ2) is 7.21. The first-order valence-electron chi connectivity index (χ1n) is 10.6. The number of fused-ring (bicyclic) bond motifs is 2. The molecular formula is C24H27N3O2. The molecule has 2 saturated heterocycles. The van der Waals surface area contributed by atoms with E-state index in [4.69, 9.17) is 4.42 Å². The maximum atomic E-state index is 13.0. The Labute approximate surface area is 171 Å². The third-order valence-corrected chi connectivity index (χ3v) is 6.61. The monoisotopic (exact) mass is 389 g/mol. The van der Waals surface area contributed by atoms with Gasteiger partial charge in [0.2, 0.25) is 5.91 Å². The number of likely N-dealkylation sites (tertiary alicyclic amines) is 1. The summed E-state index contributed by atoms with van der Waals surface area (Å²) in [4.78, 5) is 22.2. The van der Waals surface area contributed by atoms with Crippen molar-refractivity contribution in [2.24, 2.45) is 11.8 Å². The zero-order valence-corrected chi connectivity index (χ0v) is 17.0. The number of carbonyl (C=O) groups is 1. The summed E-state index contributed by atoms with van der Waals surface area (Å²) >= 11 is 0. The number of furan rings is 1. The molecule has 1 aromatic carbocycles. The first kappa shape index (κ1) is 18.2. The van der Waals surface area contributed by atoms with Crippen LogP contribution in [-0.4, -0.2) is 35.4 Å². The van der Waals surface area contributed by atoms with Crippen molar-refractivity contribution in [3.05, 3.63) is 60.0 Å². The van der Waals surface area contributed by atoms with Crippen LogP contribution in [-0.2, 0) is 4.79 Å². The van der Waals surface area contributed by atoms with Crippen molar-refractivity contribution in [2.45, 2.75) is 32.7 Å². The maximum Gasteiger partial charge on any atom is 0.223 e. The third-order valence-electron chi connectivity index (χ3n) is 6.61. The van der Waals surface area contributed by atoms with Crippen LogP contribution >= 0.6 is 0 Å². The Morgan fingerprint density at radius 2 is 2.03 bits per heavy atom. The Hall–Kier alpha value is -2.82. The van der Waals surface area contributed by atoms with E-state index in [-0.39, 0.29) is 11.9 Å². The summed E-state index contributed by atoms with van der Waals surface area (Å²) in [6.45, 7) is 6.92. The van der Waals surface area contributed by atoms with Crippen LogP contribution in [0.4, 0.5) is 5.82 Å². The molecule has 0 N–H and O–H groups in total. The fraction of sp³-hybridized carbons (Fsp3) is 0.417. The van der Waals surface area contributed by atoms with Crippen LogP contribution in [0.2, 0.25) is 0 Å². The van der Waals surface area contributed by atoms with Crippen LogP contribution < -0.4 is 4.90 Å². The summed E-state index contributed by atoms with van der Waals surface area (Å²) in [5.41, 5.74) is 3.43. The average molecular weight is 389 g/mol. The van der Waals surface area contributed by atoms with Crippen LogP contribution in [0, 0.1) is 18.8 Å². The fourth-order valence-corrected chi connectivity index (χ4v) is 5.28. The number of rotatable bonds is 4. The molecule has 4 heterocycles. The van der Waals surface area contributed by atoms with Crippen molar-refractivity contribution in [2.75, 3.05) is 24.5 Å². The fourth-order valence-electron chi connectivity index (χ4n) is 5.28. The van der Waals surface area contributed by atoms with Gasteiger partial charge in [0.1, 0.15) is 11.4 Å². The SMILES string of the molecule is CCCC(=O)N1C[C@@H]2CN(c3nccc4occc34)C[C@@H]2[C@@H]1c1ccccc1C. The van der Waals surface area contributed by atoms with E-state index in [1.165, 1.54) is 11.1 Å². The van der Waals surface area contributed by atoms with E-state index in [1.54, 1.807) is 6.26 Å². The standard InChI is InChI=1S/C24H27N3O2/c1-3-6-22(28)27-14-17-13-26(24-19-10-12-29-21(19)9-11-25-24)15-20(17)23(27)18-8-5-4-7-16(18)2/h4-5,7-12,17,20,23H,3,6,13-15H2,1-2H3/t17-,20-,23-/m0/s1. The molecule has 0 radical (unpaired) electrons. The summed E-state index contributed by atoms with van der Waals surface area (Å²) in [5.74, 6) is 2.17. The quantitative estimate of drug-likeness (QED) is 0.656. The first-order chi connectivity index (χ1) is 14.2. The summed E-state index contributed by atoms with van der Waals surface area (Å²) < 4.78 is 5.57. The zero-order valence-electron chi connectivity index (χ0n) is 17.0. The number of anilines is 1. The van der Waals surface area contributed by atoms with Crippen molar-refractivity contribution < 1.29 is 9.21 Å². The van der Waals surface area contributed by atoms with E-state index in [9.17, 15) is 4.79 Å². The number of amides is 1. The predicted molar refractivity (Wildman–Crippen MR) is 114 cm³/mol. The largest absolute Gasteiger partial charge is 0.464 e. The molecule has 5 rings (SSSR count). The highest BCUT2D eigenvalue weighted by molar-refractivity contribution is 5.88. The second-order valence-corrected chi connectivity index (χ2v) is 8.39. The molecule has 0 bridgehead atoms. The highest BCUT2D eigenvalue weighted by Crippen LogP contribution is 2.47. The molecular weight excluding hydrogens is 362 g/mol.